The molecule has 1 aromatic carbocycles. The number of piperidine rings is 1. The smallest absolute Gasteiger partial charge is 0.321 e. The van der Waals surface area contributed by atoms with Crippen LogP contribution in [0.15, 0.2) is 18.2 Å². The van der Waals surface area contributed by atoms with Gasteiger partial charge in [-0.05, 0) is 25.3 Å². The molecule has 2 unspecified atom stereocenters. The van der Waals surface area contributed by atoms with Crippen molar-refractivity contribution in [3.05, 3.63) is 39.7 Å². The standard InChI is InChI=1S/C14H17FN2O4/c1-9-4-3-7-16(13(9)14(18)19)8-10-5-2-6-11(12(10)15)17(20)21/h2,5-6,9,13H,3-4,7-8H2,1H3,(H,18,19). The van der Waals surface area contributed by atoms with Crippen LogP contribution in [-0.4, -0.2) is 33.5 Å². The molecule has 7 heteroatoms. The normalized spacial score (nSPS) is 23.0. The first-order valence-electron chi connectivity index (χ1n) is 6.80. The lowest BCUT2D eigenvalue weighted by Gasteiger charge is -2.37. The molecular formula is C14H17FN2O4. The van der Waals surface area contributed by atoms with Gasteiger partial charge in [0, 0.05) is 18.2 Å². The van der Waals surface area contributed by atoms with E-state index in [-0.39, 0.29) is 18.0 Å². The van der Waals surface area contributed by atoms with Gasteiger partial charge in [0.25, 0.3) is 0 Å². The Morgan fingerprint density at radius 2 is 2.29 bits per heavy atom. The average molecular weight is 296 g/mol. The summed E-state index contributed by atoms with van der Waals surface area (Å²) in [6.45, 7) is 2.47. The molecule has 1 aliphatic rings. The van der Waals surface area contributed by atoms with Crippen molar-refractivity contribution < 1.29 is 19.2 Å². The van der Waals surface area contributed by atoms with Crippen LogP contribution < -0.4 is 0 Å². The molecule has 2 atom stereocenters. The second-order valence-electron chi connectivity index (χ2n) is 5.38. The summed E-state index contributed by atoms with van der Waals surface area (Å²) in [5.41, 5.74) is -0.422. The second kappa shape index (κ2) is 6.17. The van der Waals surface area contributed by atoms with Crippen molar-refractivity contribution in [2.75, 3.05) is 6.54 Å². The fourth-order valence-corrected chi connectivity index (χ4v) is 2.90. The topological polar surface area (TPSA) is 83.7 Å². The highest BCUT2D eigenvalue weighted by Gasteiger charge is 2.34. The Hall–Kier alpha value is -2.02. The van der Waals surface area contributed by atoms with Gasteiger partial charge in [-0.1, -0.05) is 19.1 Å². The SMILES string of the molecule is CC1CCCN(Cc2cccc([N+](=O)[O-])c2F)C1C(=O)O. The number of halogens is 1. The molecule has 0 saturated carbocycles. The minimum absolute atomic E-state index is 0.0296. The van der Waals surface area contributed by atoms with E-state index in [0.717, 1.165) is 18.9 Å². The summed E-state index contributed by atoms with van der Waals surface area (Å²) < 4.78 is 14.1. The number of nitro groups is 1. The average Bonchev–Trinajstić information content (AvgIpc) is 2.40. The van der Waals surface area contributed by atoms with Crippen molar-refractivity contribution >= 4 is 11.7 Å². The predicted molar refractivity (Wildman–Crippen MR) is 73.3 cm³/mol. The Kier molecular flexibility index (Phi) is 4.52. The number of hydrogen-bond acceptors (Lipinski definition) is 4. The molecule has 1 aromatic rings. The minimum atomic E-state index is -0.937. The zero-order chi connectivity index (χ0) is 15.6. The Labute approximate surface area is 121 Å². The largest absolute Gasteiger partial charge is 0.480 e. The highest BCUT2D eigenvalue weighted by molar-refractivity contribution is 5.74. The molecule has 21 heavy (non-hydrogen) atoms. The van der Waals surface area contributed by atoms with Crippen molar-refractivity contribution in [2.24, 2.45) is 5.92 Å². The molecule has 1 fully saturated rings. The van der Waals surface area contributed by atoms with Gasteiger partial charge in [-0.3, -0.25) is 19.8 Å². The van der Waals surface area contributed by atoms with Crippen LogP contribution in [0.3, 0.4) is 0 Å². The molecular weight excluding hydrogens is 279 g/mol. The maximum Gasteiger partial charge on any atom is 0.321 e. The lowest BCUT2D eigenvalue weighted by atomic mass is 9.90. The monoisotopic (exact) mass is 296 g/mol. The summed E-state index contributed by atoms with van der Waals surface area (Å²) in [5, 5.41) is 20.1. The molecule has 1 N–H and O–H groups in total. The first-order chi connectivity index (χ1) is 9.91. The minimum Gasteiger partial charge on any atom is -0.480 e. The number of likely N-dealkylation sites (tertiary alicyclic amines) is 1. The first-order valence-corrected chi connectivity index (χ1v) is 6.80. The molecule has 0 aliphatic carbocycles. The Balaban J connectivity index is 2.26. The maximum atomic E-state index is 14.1. The van der Waals surface area contributed by atoms with Crippen LogP contribution in [0, 0.1) is 21.8 Å². The Morgan fingerprint density at radius 3 is 2.90 bits per heavy atom. The summed E-state index contributed by atoms with van der Waals surface area (Å²) in [6, 6.07) is 3.30. The van der Waals surface area contributed by atoms with Crippen LogP contribution in [0.4, 0.5) is 10.1 Å². The highest BCUT2D eigenvalue weighted by Crippen LogP contribution is 2.27. The van der Waals surface area contributed by atoms with Gasteiger partial charge in [0.2, 0.25) is 5.82 Å². The van der Waals surface area contributed by atoms with Crippen LogP contribution in [0.5, 0.6) is 0 Å². The lowest BCUT2D eigenvalue weighted by molar-refractivity contribution is -0.387. The molecule has 1 aliphatic heterocycles. The third-order valence-corrected chi connectivity index (χ3v) is 3.92. The summed E-state index contributed by atoms with van der Waals surface area (Å²) in [5.74, 6) is -1.85. The van der Waals surface area contributed by atoms with E-state index in [1.807, 2.05) is 6.92 Å². The van der Waals surface area contributed by atoms with E-state index in [2.05, 4.69) is 0 Å². The first kappa shape index (κ1) is 15.4. The highest BCUT2D eigenvalue weighted by atomic mass is 19.1. The number of nitro benzene ring substituents is 1. The third kappa shape index (κ3) is 3.18. The number of nitrogens with zero attached hydrogens (tertiary/aromatic N) is 2. The van der Waals surface area contributed by atoms with E-state index in [0.29, 0.717) is 6.54 Å². The Bertz CT molecular complexity index is 564. The zero-order valence-electron chi connectivity index (χ0n) is 11.7. The molecule has 1 heterocycles. The van der Waals surface area contributed by atoms with E-state index in [9.17, 15) is 24.4 Å². The van der Waals surface area contributed by atoms with Gasteiger partial charge in [-0.25, -0.2) is 0 Å². The molecule has 0 bridgehead atoms. The van der Waals surface area contributed by atoms with E-state index >= 15 is 0 Å². The number of aliphatic carboxylic acids is 1. The van der Waals surface area contributed by atoms with Gasteiger partial charge in [0.15, 0.2) is 0 Å². The summed E-state index contributed by atoms with van der Waals surface area (Å²) in [6.07, 6.45) is 1.65. The number of carboxylic acids is 1. The molecule has 1 saturated heterocycles. The van der Waals surface area contributed by atoms with Gasteiger partial charge in [-0.15, -0.1) is 0 Å². The molecule has 6 nitrogen and oxygen atoms in total. The van der Waals surface area contributed by atoms with Crippen molar-refractivity contribution in [2.45, 2.75) is 32.4 Å². The van der Waals surface area contributed by atoms with Gasteiger partial charge in [0.1, 0.15) is 6.04 Å². The number of carbonyl (C=O) groups is 1. The molecule has 0 radical (unpaired) electrons. The van der Waals surface area contributed by atoms with Gasteiger partial charge < -0.3 is 5.11 Å². The van der Waals surface area contributed by atoms with Crippen LogP contribution >= 0.6 is 0 Å². The fraction of sp³-hybridized carbons (Fsp3) is 0.500. The van der Waals surface area contributed by atoms with Crippen LogP contribution in [0.2, 0.25) is 0 Å². The predicted octanol–water partition coefficient (Wildman–Crippen LogP) is 2.42. The van der Waals surface area contributed by atoms with Crippen molar-refractivity contribution in [3.8, 4) is 0 Å². The van der Waals surface area contributed by atoms with Crippen LogP contribution in [-0.2, 0) is 11.3 Å². The summed E-state index contributed by atoms with van der Waals surface area (Å²) >= 11 is 0. The van der Waals surface area contributed by atoms with Crippen LogP contribution in [0.25, 0.3) is 0 Å². The van der Waals surface area contributed by atoms with Crippen molar-refractivity contribution in [1.82, 2.24) is 4.90 Å². The number of hydrogen-bond donors (Lipinski definition) is 1. The number of carboxylic acid groups (broad SMARTS) is 1. The van der Waals surface area contributed by atoms with E-state index in [1.165, 1.54) is 12.1 Å². The van der Waals surface area contributed by atoms with Crippen molar-refractivity contribution in [1.29, 1.82) is 0 Å². The van der Waals surface area contributed by atoms with E-state index < -0.39 is 28.4 Å². The van der Waals surface area contributed by atoms with Gasteiger partial charge >= 0.3 is 11.7 Å². The third-order valence-electron chi connectivity index (χ3n) is 3.92. The van der Waals surface area contributed by atoms with Gasteiger partial charge in [0.05, 0.1) is 4.92 Å². The quantitative estimate of drug-likeness (QED) is 0.681. The molecule has 114 valence electrons. The summed E-state index contributed by atoms with van der Waals surface area (Å²) in [7, 11) is 0. The number of benzene rings is 1. The Morgan fingerprint density at radius 1 is 1.57 bits per heavy atom. The molecule has 0 aromatic heterocycles. The summed E-state index contributed by atoms with van der Waals surface area (Å²) in [4.78, 5) is 23.0. The van der Waals surface area contributed by atoms with E-state index in [1.54, 1.807) is 4.90 Å². The lowest BCUT2D eigenvalue weighted by Crippen LogP contribution is -2.48. The fourth-order valence-electron chi connectivity index (χ4n) is 2.90. The van der Waals surface area contributed by atoms with Gasteiger partial charge in [-0.2, -0.15) is 4.39 Å². The van der Waals surface area contributed by atoms with Crippen molar-refractivity contribution in [3.63, 3.8) is 0 Å². The molecule has 2 rings (SSSR count). The van der Waals surface area contributed by atoms with E-state index in [4.69, 9.17) is 0 Å². The molecule has 0 spiro atoms. The maximum absolute atomic E-state index is 14.1. The number of rotatable bonds is 4. The van der Waals surface area contributed by atoms with Crippen LogP contribution in [0.1, 0.15) is 25.3 Å². The second-order valence-corrected chi connectivity index (χ2v) is 5.38. The molecule has 0 amide bonds. The zero-order valence-corrected chi connectivity index (χ0v) is 11.7.